The zero-order valence-corrected chi connectivity index (χ0v) is 10.7. The van der Waals surface area contributed by atoms with Crippen molar-refractivity contribution in [3.63, 3.8) is 0 Å². The summed E-state index contributed by atoms with van der Waals surface area (Å²) in [5.41, 5.74) is 2.70. The maximum atomic E-state index is 4.54. The van der Waals surface area contributed by atoms with Gasteiger partial charge in [0, 0.05) is 24.2 Å². The molecule has 0 unspecified atom stereocenters. The Balaban J connectivity index is 1.74. The van der Waals surface area contributed by atoms with Crippen LogP contribution in [0.5, 0.6) is 0 Å². The van der Waals surface area contributed by atoms with Crippen molar-refractivity contribution in [2.24, 2.45) is 0 Å². The molecule has 1 aliphatic carbocycles. The van der Waals surface area contributed by atoms with E-state index in [4.69, 9.17) is 0 Å². The van der Waals surface area contributed by atoms with Gasteiger partial charge in [-0.15, -0.1) is 0 Å². The van der Waals surface area contributed by atoms with Crippen LogP contribution in [0.2, 0.25) is 0 Å². The number of anilines is 1. The highest BCUT2D eigenvalue weighted by Crippen LogP contribution is 2.37. The Morgan fingerprint density at radius 3 is 2.67 bits per heavy atom. The molecule has 0 bridgehead atoms. The summed E-state index contributed by atoms with van der Waals surface area (Å²) in [5.74, 6) is 0. The van der Waals surface area contributed by atoms with E-state index in [1.807, 2.05) is 6.20 Å². The van der Waals surface area contributed by atoms with E-state index < -0.39 is 0 Å². The maximum Gasteiger partial charge on any atom is 0.0706 e. The summed E-state index contributed by atoms with van der Waals surface area (Å²) in [7, 11) is 0. The number of piperidine rings is 1. The van der Waals surface area contributed by atoms with E-state index in [0.29, 0.717) is 6.04 Å². The lowest BCUT2D eigenvalue weighted by Gasteiger charge is -2.28. The van der Waals surface area contributed by atoms with E-state index in [1.165, 1.54) is 61.8 Å². The Morgan fingerprint density at radius 1 is 1.06 bits per heavy atom. The number of benzene rings is 1. The van der Waals surface area contributed by atoms with Crippen molar-refractivity contribution in [1.82, 2.24) is 9.78 Å². The van der Waals surface area contributed by atoms with Crippen molar-refractivity contribution >= 4 is 16.6 Å². The van der Waals surface area contributed by atoms with Gasteiger partial charge in [-0.1, -0.05) is 0 Å². The van der Waals surface area contributed by atoms with Crippen LogP contribution in [-0.2, 0) is 0 Å². The molecule has 2 heterocycles. The minimum absolute atomic E-state index is 0.666. The molecule has 94 valence electrons. The number of hydrogen-bond donors (Lipinski definition) is 0. The Labute approximate surface area is 107 Å². The molecule has 3 nitrogen and oxygen atoms in total. The van der Waals surface area contributed by atoms with Crippen molar-refractivity contribution in [2.45, 2.75) is 38.1 Å². The fraction of sp³-hybridized carbons (Fsp3) is 0.533. The van der Waals surface area contributed by atoms with Gasteiger partial charge in [-0.2, -0.15) is 5.10 Å². The van der Waals surface area contributed by atoms with Gasteiger partial charge in [0.2, 0.25) is 0 Å². The van der Waals surface area contributed by atoms with Crippen LogP contribution in [0.3, 0.4) is 0 Å². The minimum Gasteiger partial charge on any atom is -0.371 e. The van der Waals surface area contributed by atoms with E-state index >= 15 is 0 Å². The fourth-order valence-electron chi connectivity index (χ4n) is 2.99. The molecule has 0 spiro atoms. The summed E-state index contributed by atoms with van der Waals surface area (Å²) in [4.78, 5) is 2.52. The molecule has 4 rings (SSSR count). The van der Waals surface area contributed by atoms with Gasteiger partial charge in [0.05, 0.1) is 17.8 Å². The average Bonchev–Trinajstić information content (AvgIpc) is 3.19. The SMILES string of the molecule is c1cc2cnn(C3CC3)c2cc1N1CCCCC1. The fourth-order valence-corrected chi connectivity index (χ4v) is 2.99. The normalized spacial score (nSPS) is 20.6. The molecule has 18 heavy (non-hydrogen) atoms. The predicted molar refractivity (Wildman–Crippen MR) is 74.1 cm³/mol. The highest BCUT2D eigenvalue weighted by atomic mass is 15.3. The van der Waals surface area contributed by atoms with Crippen molar-refractivity contribution in [2.75, 3.05) is 18.0 Å². The Kier molecular flexibility index (Phi) is 2.32. The number of rotatable bonds is 2. The Hall–Kier alpha value is -1.51. The van der Waals surface area contributed by atoms with Gasteiger partial charge < -0.3 is 4.90 Å². The quantitative estimate of drug-likeness (QED) is 0.804. The van der Waals surface area contributed by atoms with Crippen LogP contribution >= 0.6 is 0 Å². The van der Waals surface area contributed by atoms with Gasteiger partial charge in [-0.05, 0) is 50.3 Å². The van der Waals surface area contributed by atoms with Crippen LogP contribution in [-0.4, -0.2) is 22.9 Å². The van der Waals surface area contributed by atoms with Gasteiger partial charge in [0.15, 0.2) is 0 Å². The second-order valence-electron chi connectivity index (χ2n) is 5.61. The lowest BCUT2D eigenvalue weighted by Crippen LogP contribution is -2.29. The van der Waals surface area contributed by atoms with Crippen LogP contribution in [0.25, 0.3) is 10.9 Å². The molecule has 2 aliphatic rings. The van der Waals surface area contributed by atoms with Gasteiger partial charge in [0.1, 0.15) is 0 Å². The monoisotopic (exact) mass is 241 g/mol. The highest BCUT2D eigenvalue weighted by molar-refractivity contribution is 5.82. The first-order chi connectivity index (χ1) is 8.92. The van der Waals surface area contributed by atoms with Gasteiger partial charge in [0.25, 0.3) is 0 Å². The molecular weight excluding hydrogens is 222 g/mol. The summed E-state index contributed by atoms with van der Waals surface area (Å²) >= 11 is 0. The lowest BCUT2D eigenvalue weighted by atomic mass is 10.1. The molecule has 3 heteroatoms. The first-order valence-electron chi connectivity index (χ1n) is 7.14. The molecule has 0 amide bonds. The van der Waals surface area contributed by atoms with Crippen molar-refractivity contribution in [3.05, 3.63) is 24.4 Å². The zero-order valence-electron chi connectivity index (χ0n) is 10.7. The van der Waals surface area contributed by atoms with Crippen LogP contribution in [0.15, 0.2) is 24.4 Å². The number of aromatic nitrogens is 2. The molecule has 2 aromatic rings. The van der Waals surface area contributed by atoms with Crippen molar-refractivity contribution < 1.29 is 0 Å². The molecule has 0 radical (unpaired) electrons. The second kappa shape index (κ2) is 4.01. The standard InChI is InChI=1S/C15H19N3/c1-2-8-17(9-3-1)14-5-4-12-11-16-18(13-6-7-13)15(12)10-14/h4-5,10-11,13H,1-3,6-9H2. The topological polar surface area (TPSA) is 21.1 Å². The number of hydrogen-bond acceptors (Lipinski definition) is 2. The van der Waals surface area contributed by atoms with Gasteiger partial charge >= 0.3 is 0 Å². The second-order valence-corrected chi connectivity index (χ2v) is 5.61. The van der Waals surface area contributed by atoms with Gasteiger partial charge in [-0.25, -0.2) is 0 Å². The molecule has 0 atom stereocenters. The highest BCUT2D eigenvalue weighted by Gasteiger charge is 2.26. The molecule has 1 saturated heterocycles. The van der Waals surface area contributed by atoms with Crippen LogP contribution in [0, 0.1) is 0 Å². The number of nitrogens with zero attached hydrogens (tertiary/aromatic N) is 3. The summed E-state index contributed by atoms with van der Waals surface area (Å²) in [5, 5.41) is 5.82. The molecule has 1 saturated carbocycles. The summed E-state index contributed by atoms with van der Waals surface area (Å²) in [6.45, 7) is 2.42. The number of fused-ring (bicyclic) bond motifs is 1. The van der Waals surface area contributed by atoms with E-state index in [2.05, 4.69) is 32.9 Å². The Bertz CT molecular complexity index is 562. The molecular formula is C15H19N3. The molecule has 2 fully saturated rings. The minimum atomic E-state index is 0.666. The Morgan fingerprint density at radius 2 is 1.89 bits per heavy atom. The first kappa shape index (κ1) is 10.4. The zero-order chi connectivity index (χ0) is 11.9. The van der Waals surface area contributed by atoms with Crippen LogP contribution < -0.4 is 4.90 Å². The third kappa shape index (κ3) is 1.69. The molecule has 1 aromatic heterocycles. The van der Waals surface area contributed by atoms with Crippen LogP contribution in [0.4, 0.5) is 5.69 Å². The third-order valence-electron chi connectivity index (χ3n) is 4.20. The molecule has 1 aliphatic heterocycles. The first-order valence-corrected chi connectivity index (χ1v) is 7.14. The van der Waals surface area contributed by atoms with Crippen LogP contribution in [0.1, 0.15) is 38.1 Å². The summed E-state index contributed by atoms with van der Waals surface area (Å²) in [6.07, 6.45) is 8.65. The predicted octanol–water partition coefficient (Wildman–Crippen LogP) is 3.36. The average molecular weight is 241 g/mol. The van der Waals surface area contributed by atoms with E-state index in [-0.39, 0.29) is 0 Å². The third-order valence-corrected chi connectivity index (χ3v) is 4.20. The maximum absolute atomic E-state index is 4.54. The lowest BCUT2D eigenvalue weighted by molar-refractivity contribution is 0.578. The van der Waals surface area contributed by atoms with E-state index in [0.717, 1.165) is 0 Å². The largest absolute Gasteiger partial charge is 0.371 e. The van der Waals surface area contributed by atoms with Crippen molar-refractivity contribution in [3.8, 4) is 0 Å². The van der Waals surface area contributed by atoms with Gasteiger partial charge in [-0.3, -0.25) is 4.68 Å². The molecule has 0 N–H and O–H groups in total. The van der Waals surface area contributed by atoms with E-state index in [1.54, 1.807) is 0 Å². The summed E-state index contributed by atoms with van der Waals surface area (Å²) in [6, 6.07) is 7.49. The molecule has 1 aromatic carbocycles. The smallest absolute Gasteiger partial charge is 0.0706 e. The van der Waals surface area contributed by atoms with E-state index in [9.17, 15) is 0 Å². The summed E-state index contributed by atoms with van der Waals surface area (Å²) < 4.78 is 2.22. The van der Waals surface area contributed by atoms with Crippen molar-refractivity contribution in [1.29, 1.82) is 0 Å².